The zero-order valence-electron chi connectivity index (χ0n) is 18.5. The van der Waals surface area contributed by atoms with Gasteiger partial charge in [0.05, 0.1) is 11.7 Å². The average Bonchev–Trinajstić information content (AvgIpc) is 3.26. The van der Waals surface area contributed by atoms with Gasteiger partial charge >= 0.3 is 0 Å². The number of carbonyl (C=O) groups is 1. The number of fused-ring (bicyclic) bond motifs is 2. The molecule has 0 radical (unpaired) electrons. The minimum atomic E-state index is -0.732. The SMILES string of the molecule is Cc1c(Cl)cccc1NC(=O)[C@H](C)n1cnc2scc(-c3ccc4c(c3)CCCC4)c2c1=O. The van der Waals surface area contributed by atoms with Gasteiger partial charge in [0, 0.05) is 21.7 Å². The van der Waals surface area contributed by atoms with Crippen LogP contribution in [0.5, 0.6) is 0 Å². The van der Waals surface area contributed by atoms with Crippen LogP contribution in [0.4, 0.5) is 5.69 Å². The molecule has 0 saturated heterocycles. The van der Waals surface area contributed by atoms with Crippen molar-refractivity contribution in [1.29, 1.82) is 0 Å². The molecule has 0 aliphatic heterocycles. The first-order chi connectivity index (χ1) is 15.9. The third-order valence-electron chi connectivity index (χ3n) is 6.50. The molecule has 2 aromatic carbocycles. The van der Waals surface area contributed by atoms with E-state index in [4.69, 9.17) is 11.6 Å². The minimum Gasteiger partial charge on any atom is -0.324 e. The Morgan fingerprint density at radius 1 is 1.18 bits per heavy atom. The molecule has 1 atom stereocenters. The van der Waals surface area contributed by atoms with Gasteiger partial charge in [0.1, 0.15) is 10.9 Å². The van der Waals surface area contributed by atoms with Crippen molar-refractivity contribution in [2.75, 3.05) is 5.32 Å². The molecule has 1 aliphatic rings. The van der Waals surface area contributed by atoms with Crippen LogP contribution >= 0.6 is 22.9 Å². The number of hydrogen-bond acceptors (Lipinski definition) is 4. The molecule has 0 fully saturated rings. The number of aromatic nitrogens is 2. The van der Waals surface area contributed by atoms with Gasteiger partial charge in [-0.25, -0.2) is 4.98 Å². The van der Waals surface area contributed by atoms with Gasteiger partial charge in [-0.05, 0) is 73.9 Å². The number of halogens is 1. The maximum Gasteiger partial charge on any atom is 0.263 e. The van der Waals surface area contributed by atoms with Crippen molar-refractivity contribution < 1.29 is 4.79 Å². The highest BCUT2D eigenvalue weighted by molar-refractivity contribution is 7.17. The van der Waals surface area contributed by atoms with Crippen LogP contribution in [0.2, 0.25) is 5.02 Å². The van der Waals surface area contributed by atoms with Gasteiger partial charge < -0.3 is 5.32 Å². The van der Waals surface area contributed by atoms with E-state index in [1.54, 1.807) is 25.1 Å². The number of amides is 1. The van der Waals surface area contributed by atoms with Crippen LogP contribution in [0.15, 0.2) is 52.9 Å². The lowest BCUT2D eigenvalue weighted by molar-refractivity contribution is -0.118. The lowest BCUT2D eigenvalue weighted by Gasteiger charge is -2.17. The van der Waals surface area contributed by atoms with Gasteiger partial charge in [-0.1, -0.05) is 35.9 Å². The number of aryl methyl sites for hydroxylation is 2. The highest BCUT2D eigenvalue weighted by Crippen LogP contribution is 2.34. The summed E-state index contributed by atoms with van der Waals surface area (Å²) >= 11 is 7.63. The van der Waals surface area contributed by atoms with E-state index < -0.39 is 6.04 Å². The molecule has 33 heavy (non-hydrogen) atoms. The fraction of sp³-hybridized carbons (Fsp3) is 0.269. The Kier molecular flexibility index (Phi) is 5.81. The highest BCUT2D eigenvalue weighted by Gasteiger charge is 2.21. The van der Waals surface area contributed by atoms with Crippen molar-refractivity contribution in [2.24, 2.45) is 0 Å². The van der Waals surface area contributed by atoms with Crippen molar-refractivity contribution in [1.82, 2.24) is 9.55 Å². The third kappa shape index (κ3) is 3.98. The Labute approximate surface area is 201 Å². The molecule has 0 unspecified atom stereocenters. The van der Waals surface area contributed by atoms with E-state index >= 15 is 0 Å². The Balaban J connectivity index is 1.51. The Bertz CT molecular complexity index is 1440. The first kappa shape index (κ1) is 21.9. The molecule has 1 aliphatic carbocycles. The van der Waals surface area contributed by atoms with Crippen LogP contribution in [0.25, 0.3) is 21.3 Å². The lowest BCUT2D eigenvalue weighted by atomic mass is 9.89. The summed E-state index contributed by atoms with van der Waals surface area (Å²) in [5.74, 6) is -0.297. The largest absolute Gasteiger partial charge is 0.324 e. The number of anilines is 1. The van der Waals surface area contributed by atoms with Crippen LogP contribution in [-0.2, 0) is 17.6 Å². The van der Waals surface area contributed by atoms with Crippen LogP contribution in [0, 0.1) is 6.92 Å². The smallest absolute Gasteiger partial charge is 0.263 e. The normalized spacial score (nSPS) is 14.2. The maximum absolute atomic E-state index is 13.5. The maximum atomic E-state index is 13.5. The fourth-order valence-electron chi connectivity index (χ4n) is 4.44. The molecule has 0 saturated carbocycles. The summed E-state index contributed by atoms with van der Waals surface area (Å²) in [7, 11) is 0. The summed E-state index contributed by atoms with van der Waals surface area (Å²) in [5, 5.41) is 6.03. The van der Waals surface area contributed by atoms with E-state index in [1.165, 1.54) is 46.2 Å². The van der Waals surface area contributed by atoms with E-state index in [9.17, 15) is 9.59 Å². The van der Waals surface area contributed by atoms with E-state index in [1.807, 2.05) is 12.3 Å². The number of thiophene rings is 1. The van der Waals surface area contributed by atoms with Gasteiger partial charge in [0.25, 0.3) is 5.56 Å². The zero-order chi connectivity index (χ0) is 23.1. The van der Waals surface area contributed by atoms with Gasteiger partial charge in [0.2, 0.25) is 5.91 Å². The molecule has 1 N–H and O–H groups in total. The molecule has 5 rings (SSSR count). The molecule has 2 heterocycles. The first-order valence-electron chi connectivity index (χ1n) is 11.1. The van der Waals surface area contributed by atoms with Crippen LogP contribution in [0.3, 0.4) is 0 Å². The quantitative estimate of drug-likeness (QED) is 0.382. The molecule has 7 heteroatoms. The molecular weight excluding hydrogens is 454 g/mol. The van der Waals surface area contributed by atoms with Gasteiger partial charge in [-0.3, -0.25) is 14.2 Å². The topological polar surface area (TPSA) is 64.0 Å². The van der Waals surface area contributed by atoms with E-state index in [0.717, 1.165) is 29.5 Å². The number of nitrogens with zero attached hydrogens (tertiary/aromatic N) is 2. The number of benzene rings is 2. The standard InChI is InChI=1S/C26H24ClN3O2S/c1-15-21(27)8-5-9-22(15)29-24(31)16(2)30-14-28-25-23(26(30)32)20(13-33-25)19-11-10-17-6-3-4-7-18(17)12-19/h5,8-14,16H,3-4,6-7H2,1-2H3,(H,29,31)/t16-/m0/s1. The van der Waals surface area contributed by atoms with Crippen LogP contribution in [0.1, 0.15) is 42.5 Å². The summed E-state index contributed by atoms with van der Waals surface area (Å²) < 4.78 is 1.41. The molecule has 4 aromatic rings. The van der Waals surface area contributed by atoms with Crippen molar-refractivity contribution in [3.8, 4) is 11.1 Å². The molecule has 168 valence electrons. The predicted octanol–water partition coefficient (Wildman–Crippen LogP) is 6.17. The lowest BCUT2D eigenvalue weighted by Crippen LogP contribution is -2.31. The summed E-state index contributed by atoms with van der Waals surface area (Å²) in [4.78, 5) is 31.7. The van der Waals surface area contributed by atoms with Crippen molar-refractivity contribution in [3.05, 3.63) is 80.2 Å². The van der Waals surface area contributed by atoms with Crippen molar-refractivity contribution in [2.45, 2.75) is 45.6 Å². The second-order valence-electron chi connectivity index (χ2n) is 8.55. The third-order valence-corrected chi connectivity index (χ3v) is 7.80. The fourth-order valence-corrected chi connectivity index (χ4v) is 5.52. The van der Waals surface area contributed by atoms with Crippen molar-refractivity contribution >= 4 is 44.7 Å². The van der Waals surface area contributed by atoms with Crippen molar-refractivity contribution in [3.63, 3.8) is 0 Å². The molecular formula is C26H24ClN3O2S. The molecule has 1 amide bonds. The highest BCUT2D eigenvalue weighted by atomic mass is 35.5. The summed E-state index contributed by atoms with van der Waals surface area (Å²) in [6, 6.07) is 11.1. The molecule has 0 spiro atoms. The van der Waals surface area contributed by atoms with E-state index in [2.05, 4.69) is 28.5 Å². The summed E-state index contributed by atoms with van der Waals surface area (Å²) in [6.07, 6.45) is 6.10. The first-order valence-corrected chi connectivity index (χ1v) is 12.4. The van der Waals surface area contributed by atoms with Gasteiger partial charge in [0.15, 0.2) is 0 Å². The Morgan fingerprint density at radius 3 is 2.79 bits per heavy atom. The second-order valence-corrected chi connectivity index (χ2v) is 9.82. The number of carbonyl (C=O) groups excluding carboxylic acids is 1. The van der Waals surface area contributed by atoms with E-state index in [-0.39, 0.29) is 11.5 Å². The van der Waals surface area contributed by atoms with Gasteiger partial charge in [-0.2, -0.15) is 0 Å². The predicted molar refractivity (Wildman–Crippen MR) is 135 cm³/mol. The number of rotatable bonds is 4. The molecule has 5 nitrogen and oxygen atoms in total. The van der Waals surface area contributed by atoms with E-state index in [0.29, 0.717) is 20.9 Å². The average molecular weight is 478 g/mol. The zero-order valence-corrected chi connectivity index (χ0v) is 20.1. The summed E-state index contributed by atoms with van der Waals surface area (Å²) in [5.41, 5.74) is 5.90. The number of nitrogens with one attached hydrogen (secondary N) is 1. The second kappa shape index (κ2) is 8.76. The Morgan fingerprint density at radius 2 is 1.97 bits per heavy atom. The molecule has 2 aromatic heterocycles. The molecule has 0 bridgehead atoms. The van der Waals surface area contributed by atoms with Crippen LogP contribution < -0.4 is 10.9 Å². The monoisotopic (exact) mass is 477 g/mol. The van der Waals surface area contributed by atoms with Crippen LogP contribution in [-0.4, -0.2) is 15.5 Å². The van der Waals surface area contributed by atoms with Gasteiger partial charge in [-0.15, -0.1) is 11.3 Å². The minimum absolute atomic E-state index is 0.209. The Hall–Kier alpha value is -2.96. The number of hydrogen-bond donors (Lipinski definition) is 1. The summed E-state index contributed by atoms with van der Waals surface area (Å²) in [6.45, 7) is 3.55.